The third-order valence-corrected chi connectivity index (χ3v) is 2.93. The van der Waals surface area contributed by atoms with Gasteiger partial charge in [0, 0.05) is 25.6 Å². The molecule has 2 N–H and O–H groups in total. The number of urea groups is 1. The van der Waals surface area contributed by atoms with Crippen molar-refractivity contribution in [1.82, 2.24) is 15.8 Å². The van der Waals surface area contributed by atoms with Crippen LogP contribution in [0.3, 0.4) is 0 Å². The molecule has 0 aliphatic carbocycles. The van der Waals surface area contributed by atoms with Gasteiger partial charge in [-0.15, -0.1) is 0 Å². The molecule has 0 saturated heterocycles. The molecular formula is C14H19N3O3. The van der Waals surface area contributed by atoms with E-state index >= 15 is 0 Å². The quantitative estimate of drug-likeness (QED) is 0.791. The zero-order valence-corrected chi connectivity index (χ0v) is 11.7. The number of hydrogen-bond acceptors (Lipinski definition) is 4. The van der Waals surface area contributed by atoms with Crippen LogP contribution in [0.2, 0.25) is 0 Å². The number of benzene rings is 1. The molecule has 2 amide bonds. The van der Waals surface area contributed by atoms with Gasteiger partial charge in [0.15, 0.2) is 5.58 Å². The molecule has 0 bridgehead atoms. The van der Waals surface area contributed by atoms with Gasteiger partial charge >= 0.3 is 6.03 Å². The van der Waals surface area contributed by atoms with Crippen LogP contribution in [0.25, 0.3) is 11.0 Å². The molecule has 6 heteroatoms. The summed E-state index contributed by atoms with van der Waals surface area (Å²) in [6, 6.07) is 5.63. The monoisotopic (exact) mass is 277 g/mol. The Morgan fingerprint density at radius 2 is 2.25 bits per heavy atom. The van der Waals surface area contributed by atoms with E-state index < -0.39 is 0 Å². The largest absolute Gasteiger partial charge is 0.385 e. The van der Waals surface area contributed by atoms with E-state index in [9.17, 15) is 4.79 Å². The maximum absolute atomic E-state index is 11.6. The molecule has 0 spiro atoms. The van der Waals surface area contributed by atoms with Crippen molar-refractivity contribution in [2.24, 2.45) is 0 Å². The smallest absolute Gasteiger partial charge is 0.315 e. The molecule has 2 rings (SSSR count). The Morgan fingerprint density at radius 1 is 1.40 bits per heavy atom. The van der Waals surface area contributed by atoms with Gasteiger partial charge < -0.3 is 19.9 Å². The highest BCUT2D eigenvalue weighted by molar-refractivity contribution is 5.81. The highest BCUT2D eigenvalue weighted by Gasteiger charge is 2.09. The second-order valence-electron chi connectivity index (χ2n) is 4.58. The fraction of sp³-hybridized carbons (Fsp3) is 0.429. The average Bonchev–Trinajstić information content (AvgIpc) is 2.83. The van der Waals surface area contributed by atoms with E-state index in [1.807, 2.05) is 25.1 Å². The molecule has 1 aromatic heterocycles. The molecule has 20 heavy (non-hydrogen) atoms. The lowest BCUT2D eigenvalue weighted by Crippen LogP contribution is -2.35. The topological polar surface area (TPSA) is 76.4 Å². The van der Waals surface area contributed by atoms with Crippen LogP contribution in [-0.4, -0.2) is 31.4 Å². The maximum atomic E-state index is 11.6. The Labute approximate surface area is 117 Å². The molecule has 0 unspecified atom stereocenters. The number of nitrogens with one attached hydrogen (secondary N) is 2. The summed E-state index contributed by atoms with van der Waals surface area (Å²) >= 11 is 0. The first-order valence-corrected chi connectivity index (χ1v) is 6.56. The van der Waals surface area contributed by atoms with E-state index in [0.717, 1.165) is 28.6 Å². The summed E-state index contributed by atoms with van der Waals surface area (Å²) in [7, 11) is 1.64. The first kappa shape index (κ1) is 14.3. The summed E-state index contributed by atoms with van der Waals surface area (Å²) < 4.78 is 10.1. The van der Waals surface area contributed by atoms with Crippen molar-refractivity contribution < 1.29 is 14.1 Å². The Morgan fingerprint density at radius 3 is 3.05 bits per heavy atom. The van der Waals surface area contributed by atoms with Crippen LogP contribution in [0.5, 0.6) is 0 Å². The number of nitrogens with zero attached hydrogens (tertiary/aromatic N) is 1. The predicted octanol–water partition coefficient (Wildman–Crippen LogP) is 1.97. The molecule has 2 aromatic rings. The van der Waals surface area contributed by atoms with Crippen molar-refractivity contribution in [3.05, 3.63) is 29.5 Å². The highest BCUT2D eigenvalue weighted by Crippen LogP contribution is 2.19. The molecule has 108 valence electrons. The van der Waals surface area contributed by atoms with Gasteiger partial charge in [-0.3, -0.25) is 0 Å². The van der Waals surface area contributed by atoms with E-state index in [-0.39, 0.29) is 6.03 Å². The number of carbonyl (C=O) groups excluding carboxylic acids is 1. The Hall–Kier alpha value is -2.08. The zero-order chi connectivity index (χ0) is 14.4. The Balaban J connectivity index is 1.86. The SMILES string of the molecule is COCCCNC(=O)NCc1noc2ccc(C)cc12. The summed E-state index contributed by atoms with van der Waals surface area (Å²) in [6.45, 7) is 3.56. The third kappa shape index (κ3) is 3.71. The van der Waals surface area contributed by atoms with Gasteiger partial charge in [-0.05, 0) is 25.5 Å². The van der Waals surface area contributed by atoms with E-state index in [4.69, 9.17) is 9.26 Å². The highest BCUT2D eigenvalue weighted by atomic mass is 16.5. The van der Waals surface area contributed by atoms with Gasteiger partial charge in [-0.1, -0.05) is 16.8 Å². The molecule has 0 aliphatic heterocycles. The second-order valence-corrected chi connectivity index (χ2v) is 4.58. The molecule has 6 nitrogen and oxygen atoms in total. The molecule has 0 saturated carbocycles. The molecule has 1 heterocycles. The van der Waals surface area contributed by atoms with Crippen molar-refractivity contribution in [1.29, 1.82) is 0 Å². The number of aryl methyl sites for hydroxylation is 1. The predicted molar refractivity (Wildman–Crippen MR) is 75.5 cm³/mol. The number of carbonyl (C=O) groups is 1. The van der Waals surface area contributed by atoms with Gasteiger partial charge in [0.25, 0.3) is 0 Å². The number of rotatable bonds is 6. The Kier molecular flexibility index (Phi) is 4.95. The van der Waals surface area contributed by atoms with E-state index in [0.29, 0.717) is 19.7 Å². The van der Waals surface area contributed by atoms with Crippen LogP contribution in [0.15, 0.2) is 22.7 Å². The van der Waals surface area contributed by atoms with E-state index in [2.05, 4.69) is 15.8 Å². The molecule has 0 aliphatic rings. The summed E-state index contributed by atoms with van der Waals surface area (Å²) in [5.74, 6) is 0. The average molecular weight is 277 g/mol. The standard InChI is InChI=1S/C14H19N3O3/c1-10-4-5-13-11(8-10)12(17-20-13)9-16-14(18)15-6-3-7-19-2/h4-5,8H,3,6-7,9H2,1-2H3,(H2,15,16,18). The minimum Gasteiger partial charge on any atom is -0.385 e. The van der Waals surface area contributed by atoms with Crippen molar-refractivity contribution in [2.45, 2.75) is 19.9 Å². The number of fused-ring (bicyclic) bond motifs is 1. The van der Waals surface area contributed by atoms with E-state index in [1.165, 1.54) is 0 Å². The normalized spacial score (nSPS) is 10.7. The summed E-state index contributed by atoms with van der Waals surface area (Å²) in [5, 5.41) is 10.4. The fourth-order valence-electron chi connectivity index (χ4n) is 1.87. The molecule has 0 radical (unpaired) electrons. The van der Waals surface area contributed by atoms with Crippen LogP contribution < -0.4 is 10.6 Å². The lowest BCUT2D eigenvalue weighted by atomic mass is 10.1. The number of methoxy groups -OCH3 is 1. The minimum absolute atomic E-state index is 0.218. The zero-order valence-electron chi connectivity index (χ0n) is 11.7. The van der Waals surface area contributed by atoms with E-state index in [1.54, 1.807) is 7.11 Å². The second kappa shape index (κ2) is 6.91. The summed E-state index contributed by atoms with van der Waals surface area (Å²) in [5.41, 5.74) is 2.59. The van der Waals surface area contributed by atoms with Crippen LogP contribution in [0.1, 0.15) is 17.7 Å². The van der Waals surface area contributed by atoms with Crippen molar-refractivity contribution >= 4 is 17.0 Å². The molecular weight excluding hydrogens is 258 g/mol. The summed E-state index contributed by atoms with van der Waals surface area (Å²) in [6.07, 6.45) is 0.788. The third-order valence-electron chi connectivity index (χ3n) is 2.93. The lowest BCUT2D eigenvalue weighted by Gasteiger charge is -2.06. The number of ether oxygens (including phenoxy) is 1. The first-order chi connectivity index (χ1) is 9.70. The van der Waals surface area contributed by atoms with Crippen LogP contribution >= 0.6 is 0 Å². The molecule has 0 atom stereocenters. The first-order valence-electron chi connectivity index (χ1n) is 6.56. The molecule has 1 aromatic carbocycles. The molecule has 0 fully saturated rings. The van der Waals surface area contributed by atoms with Crippen LogP contribution in [0.4, 0.5) is 4.79 Å². The summed E-state index contributed by atoms with van der Waals surface area (Å²) in [4.78, 5) is 11.6. The van der Waals surface area contributed by atoms with Gasteiger partial charge in [0.1, 0.15) is 5.69 Å². The van der Waals surface area contributed by atoms with Crippen LogP contribution in [-0.2, 0) is 11.3 Å². The van der Waals surface area contributed by atoms with Gasteiger partial charge in [-0.2, -0.15) is 0 Å². The van der Waals surface area contributed by atoms with Crippen molar-refractivity contribution in [3.8, 4) is 0 Å². The van der Waals surface area contributed by atoms with Crippen LogP contribution in [0, 0.1) is 6.92 Å². The number of amides is 2. The van der Waals surface area contributed by atoms with Crippen molar-refractivity contribution in [3.63, 3.8) is 0 Å². The number of hydrogen-bond donors (Lipinski definition) is 2. The van der Waals surface area contributed by atoms with Gasteiger partial charge in [0.2, 0.25) is 0 Å². The van der Waals surface area contributed by atoms with Crippen molar-refractivity contribution in [2.75, 3.05) is 20.3 Å². The Bertz CT molecular complexity index is 580. The minimum atomic E-state index is -0.218. The van der Waals surface area contributed by atoms with Gasteiger partial charge in [0.05, 0.1) is 6.54 Å². The fourth-order valence-corrected chi connectivity index (χ4v) is 1.87. The lowest BCUT2D eigenvalue weighted by molar-refractivity contribution is 0.193. The number of aromatic nitrogens is 1. The maximum Gasteiger partial charge on any atom is 0.315 e. The van der Waals surface area contributed by atoms with Gasteiger partial charge in [-0.25, -0.2) is 4.79 Å².